The molecule has 0 aromatic carbocycles. The highest BCUT2D eigenvalue weighted by Gasteiger charge is 2.28. The fourth-order valence-corrected chi connectivity index (χ4v) is 1.52. The summed E-state index contributed by atoms with van der Waals surface area (Å²) in [5.41, 5.74) is 0. The zero-order valence-corrected chi connectivity index (χ0v) is 9.68. The summed E-state index contributed by atoms with van der Waals surface area (Å²) < 4.78 is 33.0. The second kappa shape index (κ2) is 7.22. The molecule has 8 heteroatoms. The number of carboxylic acids is 1. The smallest absolute Gasteiger partial charge is 0.334 e. The van der Waals surface area contributed by atoms with Gasteiger partial charge in [0.2, 0.25) is 5.91 Å². The number of halogens is 2. The van der Waals surface area contributed by atoms with Crippen molar-refractivity contribution in [3.8, 4) is 0 Å². The van der Waals surface area contributed by atoms with Crippen molar-refractivity contribution in [3.05, 3.63) is 0 Å². The summed E-state index contributed by atoms with van der Waals surface area (Å²) in [6.45, 7) is -0.368. The van der Waals surface area contributed by atoms with Gasteiger partial charge in [-0.1, -0.05) is 0 Å². The number of carbonyl (C=O) groups is 2. The van der Waals surface area contributed by atoms with Crippen LogP contribution < -0.4 is 0 Å². The van der Waals surface area contributed by atoms with Crippen LogP contribution in [-0.4, -0.2) is 67.3 Å². The fraction of sp³-hybridized carbons (Fsp3) is 0.800. The highest BCUT2D eigenvalue weighted by Crippen LogP contribution is 2.07. The van der Waals surface area contributed by atoms with Gasteiger partial charge in [0.05, 0.1) is 26.2 Å². The van der Waals surface area contributed by atoms with E-state index < -0.39 is 25.1 Å². The minimum atomic E-state index is -2.56. The number of morpholine rings is 1. The lowest BCUT2D eigenvalue weighted by molar-refractivity contribution is -0.159. The van der Waals surface area contributed by atoms with Crippen molar-refractivity contribution in [1.29, 1.82) is 0 Å². The summed E-state index contributed by atoms with van der Waals surface area (Å²) in [5, 5.41) is 8.74. The van der Waals surface area contributed by atoms with Crippen LogP contribution in [0, 0.1) is 0 Å². The first-order valence-electron chi connectivity index (χ1n) is 5.48. The molecule has 0 bridgehead atoms. The van der Waals surface area contributed by atoms with Gasteiger partial charge in [0.15, 0.2) is 6.10 Å². The Balaban J connectivity index is 2.26. The van der Waals surface area contributed by atoms with Crippen LogP contribution in [0.2, 0.25) is 0 Å². The van der Waals surface area contributed by atoms with Crippen LogP contribution in [0.3, 0.4) is 0 Å². The molecule has 0 radical (unpaired) electrons. The molecule has 18 heavy (non-hydrogen) atoms. The minimum Gasteiger partial charge on any atom is -0.479 e. The SMILES string of the molecule is O=C(O)C1CN(C(=O)CCOCC(F)F)CCO1. The van der Waals surface area contributed by atoms with Gasteiger partial charge in [-0.3, -0.25) is 4.79 Å². The third kappa shape index (κ3) is 4.92. The summed E-state index contributed by atoms with van der Waals surface area (Å²) in [6.07, 6.45) is -3.62. The van der Waals surface area contributed by atoms with Crippen LogP contribution in [0.4, 0.5) is 8.78 Å². The van der Waals surface area contributed by atoms with E-state index in [4.69, 9.17) is 9.84 Å². The van der Waals surface area contributed by atoms with Gasteiger partial charge in [-0.15, -0.1) is 0 Å². The van der Waals surface area contributed by atoms with Crippen molar-refractivity contribution in [1.82, 2.24) is 4.90 Å². The topological polar surface area (TPSA) is 76.1 Å². The lowest BCUT2D eigenvalue weighted by atomic mass is 10.2. The Hall–Kier alpha value is -1.28. The zero-order valence-electron chi connectivity index (χ0n) is 9.68. The van der Waals surface area contributed by atoms with Gasteiger partial charge in [-0.05, 0) is 0 Å². The van der Waals surface area contributed by atoms with E-state index in [-0.39, 0.29) is 32.1 Å². The summed E-state index contributed by atoms with van der Waals surface area (Å²) in [6, 6.07) is 0. The second-order valence-corrected chi connectivity index (χ2v) is 3.75. The molecule has 0 aromatic rings. The largest absolute Gasteiger partial charge is 0.479 e. The molecule has 1 saturated heterocycles. The van der Waals surface area contributed by atoms with Gasteiger partial charge in [-0.25, -0.2) is 13.6 Å². The van der Waals surface area contributed by atoms with E-state index in [1.54, 1.807) is 0 Å². The molecular formula is C10H15F2NO5. The maximum absolute atomic E-state index is 11.8. The third-order valence-electron chi connectivity index (χ3n) is 2.40. The molecule has 1 heterocycles. The summed E-state index contributed by atoms with van der Waals surface area (Å²) in [4.78, 5) is 23.6. The van der Waals surface area contributed by atoms with E-state index in [9.17, 15) is 18.4 Å². The number of aliphatic carboxylic acids is 1. The number of carboxylic acid groups (broad SMARTS) is 1. The van der Waals surface area contributed by atoms with E-state index in [1.807, 2.05) is 0 Å². The first-order valence-corrected chi connectivity index (χ1v) is 5.48. The van der Waals surface area contributed by atoms with Crippen LogP contribution >= 0.6 is 0 Å². The molecule has 1 N–H and O–H groups in total. The van der Waals surface area contributed by atoms with Crippen LogP contribution in [0.1, 0.15) is 6.42 Å². The number of amides is 1. The lowest BCUT2D eigenvalue weighted by Gasteiger charge is -2.30. The van der Waals surface area contributed by atoms with Crippen LogP contribution in [-0.2, 0) is 19.1 Å². The number of alkyl halides is 2. The highest BCUT2D eigenvalue weighted by molar-refractivity contribution is 5.78. The fourth-order valence-electron chi connectivity index (χ4n) is 1.52. The van der Waals surface area contributed by atoms with Crippen molar-refractivity contribution in [2.24, 2.45) is 0 Å². The Kier molecular flexibility index (Phi) is 5.93. The van der Waals surface area contributed by atoms with E-state index in [0.717, 1.165) is 0 Å². The number of carbonyl (C=O) groups excluding carboxylic acids is 1. The summed E-state index contributed by atoms with van der Waals surface area (Å²) >= 11 is 0. The third-order valence-corrected chi connectivity index (χ3v) is 2.40. The Morgan fingerprint density at radius 2 is 2.22 bits per heavy atom. The van der Waals surface area contributed by atoms with Crippen molar-refractivity contribution in [3.63, 3.8) is 0 Å². The van der Waals surface area contributed by atoms with Crippen molar-refractivity contribution < 1.29 is 33.0 Å². The van der Waals surface area contributed by atoms with Gasteiger partial charge in [0.1, 0.15) is 6.61 Å². The monoisotopic (exact) mass is 267 g/mol. The van der Waals surface area contributed by atoms with E-state index in [2.05, 4.69) is 4.74 Å². The number of nitrogens with zero attached hydrogens (tertiary/aromatic N) is 1. The Morgan fingerprint density at radius 3 is 2.83 bits per heavy atom. The molecule has 0 aromatic heterocycles. The van der Waals surface area contributed by atoms with E-state index in [0.29, 0.717) is 6.54 Å². The molecule has 6 nitrogen and oxygen atoms in total. The molecular weight excluding hydrogens is 252 g/mol. The normalized spacial score (nSPS) is 20.2. The number of ether oxygens (including phenoxy) is 2. The molecule has 1 rings (SSSR count). The average molecular weight is 267 g/mol. The highest BCUT2D eigenvalue weighted by atomic mass is 19.3. The van der Waals surface area contributed by atoms with Gasteiger partial charge in [-0.2, -0.15) is 0 Å². The average Bonchev–Trinajstić information content (AvgIpc) is 2.34. The molecule has 1 unspecified atom stereocenters. The first-order chi connectivity index (χ1) is 8.50. The zero-order chi connectivity index (χ0) is 13.5. The lowest BCUT2D eigenvalue weighted by Crippen LogP contribution is -2.48. The molecule has 0 spiro atoms. The van der Waals surface area contributed by atoms with Crippen LogP contribution in [0.5, 0.6) is 0 Å². The number of hydrogen-bond donors (Lipinski definition) is 1. The van der Waals surface area contributed by atoms with Gasteiger partial charge in [0, 0.05) is 6.54 Å². The van der Waals surface area contributed by atoms with Crippen molar-refractivity contribution >= 4 is 11.9 Å². The Bertz CT molecular complexity index is 300. The molecule has 1 fully saturated rings. The molecule has 1 aliphatic heterocycles. The quantitative estimate of drug-likeness (QED) is 0.684. The van der Waals surface area contributed by atoms with Crippen LogP contribution in [0.15, 0.2) is 0 Å². The molecule has 1 atom stereocenters. The van der Waals surface area contributed by atoms with Gasteiger partial charge < -0.3 is 19.5 Å². The summed E-state index contributed by atoms with van der Waals surface area (Å²) in [5.74, 6) is -1.44. The molecule has 1 amide bonds. The molecule has 0 aliphatic carbocycles. The van der Waals surface area contributed by atoms with Gasteiger partial charge in [0.25, 0.3) is 6.43 Å². The van der Waals surface area contributed by atoms with E-state index in [1.165, 1.54) is 4.90 Å². The molecule has 104 valence electrons. The predicted molar refractivity (Wildman–Crippen MR) is 55.4 cm³/mol. The van der Waals surface area contributed by atoms with E-state index >= 15 is 0 Å². The standard InChI is InChI=1S/C10H15F2NO5/c11-8(12)6-17-3-1-9(14)13-2-4-18-7(5-13)10(15)16/h7-8H,1-6H2,(H,15,16). The second-order valence-electron chi connectivity index (χ2n) is 3.75. The number of rotatable bonds is 6. The van der Waals surface area contributed by atoms with Crippen LogP contribution in [0.25, 0.3) is 0 Å². The van der Waals surface area contributed by atoms with Crippen molar-refractivity contribution in [2.75, 3.05) is 32.9 Å². The Morgan fingerprint density at radius 1 is 1.50 bits per heavy atom. The predicted octanol–water partition coefficient (Wildman–Crippen LogP) is -0.0298. The molecule has 0 saturated carbocycles. The van der Waals surface area contributed by atoms with Gasteiger partial charge >= 0.3 is 5.97 Å². The Labute approximate surface area is 102 Å². The number of hydrogen-bond acceptors (Lipinski definition) is 4. The minimum absolute atomic E-state index is 0.0248. The maximum atomic E-state index is 11.8. The first kappa shape index (κ1) is 14.8. The van der Waals surface area contributed by atoms with Crippen molar-refractivity contribution in [2.45, 2.75) is 19.0 Å². The summed E-state index contributed by atoms with van der Waals surface area (Å²) in [7, 11) is 0. The molecule has 1 aliphatic rings. The maximum Gasteiger partial charge on any atom is 0.334 e.